The van der Waals surface area contributed by atoms with Crippen LogP contribution in [0.5, 0.6) is 0 Å². The fraction of sp³-hybridized carbons (Fsp3) is 0.429. The minimum absolute atomic E-state index is 0.0892. The number of benzene rings is 2. The van der Waals surface area contributed by atoms with Gasteiger partial charge in [-0.25, -0.2) is 4.79 Å². The van der Waals surface area contributed by atoms with Gasteiger partial charge in [0.05, 0.1) is 11.3 Å². The predicted octanol–water partition coefficient (Wildman–Crippen LogP) is 4.67. The summed E-state index contributed by atoms with van der Waals surface area (Å²) in [7, 11) is 1.81. The Morgan fingerprint density at radius 1 is 1.15 bits per heavy atom. The number of carbonyl (C=O) groups is 2. The molecule has 0 bridgehead atoms. The van der Waals surface area contributed by atoms with Crippen LogP contribution in [-0.2, 0) is 4.74 Å². The lowest BCUT2D eigenvalue weighted by molar-refractivity contribution is 0.0636. The van der Waals surface area contributed by atoms with Crippen LogP contribution in [-0.4, -0.2) is 36.1 Å². The molecule has 2 aromatic rings. The molecule has 26 heavy (non-hydrogen) atoms. The minimum Gasteiger partial charge on any atom is -0.444 e. The van der Waals surface area contributed by atoms with Crippen molar-refractivity contribution in [2.45, 2.75) is 39.2 Å². The number of nitrogens with zero attached hydrogens (tertiary/aromatic N) is 1. The zero-order valence-electron chi connectivity index (χ0n) is 15.8. The molecule has 0 aromatic heterocycles. The van der Waals surface area contributed by atoms with Crippen molar-refractivity contribution in [3.05, 3.63) is 42.0 Å². The number of rotatable bonds is 4. The first kappa shape index (κ1) is 18.2. The fourth-order valence-corrected chi connectivity index (χ4v) is 2.91. The van der Waals surface area contributed by atoms with Gasteiger partial charge in [-0.3, -0.25) is 10.1 Å². The zero-order chi connectivity index (χ0) is 18.9. The topological polar surface area (TPSA) is 58.6 Å². The van der Waals surface area contributed by atoms with Crippen LogP contribution in [0, 0.1) is 5.92 Å². The molecule has 2 aromatic carbocycles. The average molecular weight is 354 g/mol. The summed E-state index contributed by atoms with van der Waals surface area (Å²) in [5.74, 6) is 0.514. The third-order valence-corrected chi connectivity index (χ3v) is 4.33. The maximum atomic E-state index is 13.0. The number of hydrogen-bond donors (Lipinski definition) is 1. The van der Waals surface area contributed by atoms with Crippen LogP contribution >= 0.6 is 0 Å². The second kappa shape index (κ2) is 6.98. The number of amides is 2. The summed E-state index contributed by atoms with van der Waals surface area (Å²) in [5, 5.41) is 4.68. The Kier molecular flexibility index (Phi) is 4.90. The van der Waals surface area contributed by atoms with Gasteiger partial charge in [0.25, 0.3) is 5.91 Å². The van der Waals surface area contributed by atoms with Gasteiger partial charge in [0.2, 0.25) is 0 Å². The number of ether oxygens (including phenoxy) is 1. The molecule has 1 aliphatic rings. The maximum absolute atomic E-state index is 13.0. The summed E-state index contributed by atoms with van der Waals surface area (Å²) in [6.45, 7) is 6.17. The van der Waals surface area contributed by atoms with E-state index in [1.807, 2.05) is 64.2 Å². The molecule has 3 rings (SSSR count). The summed E-state index contributed by atoms with van der Waals surface area (Å²) in [6.07, 6.45) is 1.79. The van der Waals surface area contributed by atoms with E-state index in [-0.39, 0.29) is 5.91 Å². The molecule has 138 valence electrons. The van der Waals surface area contributed by atoms with Gasteiger partial charge < -0.3 is 9.64 Å². The van der Waals surface area contributed by atoms with Gasteiger partial charge in [0, 0.05) is 13.6 Å². The largest absolute Gasteiger partial charge is 0.444 e. The van der Waals surface area contributed by atoms with Crippen LogP contribution in [0.1, 0.15) is 44.0 Å². The fourth-order valence-electron chi connectivity index (χ4n) is 2.91. The Balaban J connectivity index is 1.93. The number of nitrogens with one attached hydrogen (secondary N) is 1. The Bertz CT molecular complexity index is 835. The third-order valence-electron chi connectivity index (χ3n) is 4.33. The molecule has 5 heteroatoms. The van der Waals surface area contributed by atoms with E-state index in [0.717, 1.165) is 17.3 Å². The van der Waals surface area contributed by atoms with E-state index in [4.69, 9.17) is 4.74 Å². The first-order valence-electron chi connectivity index (χ1n) is 9.01. The van der Waals surface area contributed by atoms with E-state index < -0.39 is 11.7 Å². The van der Waals surface area contributed by atoms with Crippen molar-refractivity contribution in [1.29, 1.82) is 0 Å². The molecule has 1 fully saturated rings. The minimum atomic E-state index is -0.603. The highest BCUT2D eigenvalue weighted by Gasteiger charge is 2.27. The second-order valence-electron chi connectivity index (χ2n) is 8.00. The van der Waals surface area contributed by atoms with Crippen molar-refractivity contribution in [1.82, 2.24) is 4.90 Å². The lowest BCUT2D eigenvalue weighted by atomic mass is 10.0. The first-order valence-corrected chi connectivity index (χ1v) is 9.01. The Labute approximate surface area is 154 Å². The molecule has 0 radical (unpaired) electrons. The zero-order valence-corrected chi connectivity index (χ0v) is 15.8. The van der Waals surface area contributed by atoms with Gasteiger partial charge in [-0.15, -0.1) is 0 Å². The SMILES string of the molecule is CN(CC1CC1)C(=O)c1cc2ccccc2cc1NC(=O)OC(C)(C)C. The van der Waals surface area contributed by atoms with E-state index in [9.17, 15) is 9.59 Å². The van der Waals surface area contributed by atoms with Gasteiger partial charge >= 0.3 is 6.09 Å². The average Bonchev–Trinajstić information content (AvgIpc) is 3.35. The Morgan fingerprint density at radius 2 is 1.77 bits per heavy atom. The molecular weight excluding hydrogens is 328 g/mol. The Hall–Kier alpha value is -2.56. The highest BCUT2D eigenvalue weighted by atomic mass is 16.6. The van der Waals surface area contributed by atoms with Crippen LogP contribution in [0.15, 0.2) is 36.4 Å². The van der Waals surface area contributed by atoms with E-state index in [1.165, 1.54) is 12.8 Å². The normalized spacial score (nSPS) is 14.2. The van der Waals surface area contributed by atoms with E-state index in [2.05, 4.69) is 5.32 Å². The number of fused-ring (bicyclic) bond motifs is 1. The van der Waals surface area contributed by atoms with Crippen LogP contribution in [0.25, 0.3) is 10.8 Å². The molecule has 0 aliphatic heterocycles. The van der Waals surface area contributed by atoms with E-state index in [1.54, 1.807) is 4.90 Å². The van der Waals surface area contributed by atoms with E-state index >= 15 is 0 Å². The monoisotopic (exact) mass is 354 g/mol. The van der Waals surface area contributed by atoms with Gasteiger partial charge in [0.1, 0.15) is 5.60 Å². The molecule has 0 saturated heterocycles. The summed E-state index contributed by atoms with van der Waals surface area (Å²) in [6, 6.07) is 11.5. The maximum Gasteiger partial charge on any atom is 0.412 e. The molecule has 0 spiro atoms. The highest BCUT2D eigenvalue weighted by Crippen LogP contribution is 2.31. The van der Waals surface area contributed by atoms with Crippen LogP contribution in [0.3, 0.4) is 0 Å². The van der Waals surface area contributed by atoms with Crippen molar-refractivity contribution >= 4 is 28.5 Å². The van der Waals surface area contributed by atoms with Crippen molar-refractivity contribution in [3.8, 4) is 0 Å². The lowest BCUT2D eigenvalue weighted by Crippen LogP contribution is -2.31. The van der Waals surface area contributed by atoms with Crippen molar-refractivity contribution in [3.63, 3.8) is 0 Å². The first-order chi connectivity index (χ1) is 12.2. The smallest absolute Gasteiger partial charge is 0.412 e. The molecule has 1 N–H and O–H groups in total. The van der Waals surface area contributed by atoms with Crippen LogP contribution < -0.4 is 5.32 Å². The molecular formula is C21H26N2O3. The van der Waals surface area contributed by atoms with Gasteiger partial charge in [-0.1, -0.05) is 24.3 Å². The summed E-state index contributed by atoms with van der Waals surface area (Å²) < 4.78 is 5.35. The molecule has 2 amide bonds. The third kappa shape index (κ3) is 4.54. The second-order valence-corrected chi connectivity index (χ2v) is 8.00. The predicted molar refractivity (Wildman–Crippen MR) is 103 cm³/mol. The summed E-state index contributed by atoms with van der Waals surface area (Å²) >= 11 is 0. The summed E-state index contributed by atoms with van der Waals surface area (Å²) in [4.78, 5) is 26.9. The quantitative estimate of drug-likeness (QED) is 0.868. The van der Waals surface area contributed by atoms with Crippen molar-refractivity contribution in [2.24, 2.45) is 5.92 Å². The Morgan fingerprint density at radius 3 is 2.35 bits per heavy atom. The van der Waals surface area contributed by atoms with Crippen LogP contribution in [0.4, 0.5) is 10.5 Å². The van der Waals surface area contributed by atoms with Gasteiger partial charge in [-0.2, -0.15) is 0 Å². The van der Waals surface area contributed by atoms with Gasteiger partial charge in [0.15, 0.2) is 0 Å². The molecule has 0 atom stereocenters. The van der Waals surface area contributed by atoms with Crippen molar-refractivity contribution < 1.29 is 14.3 Å². The van der Waals surface area contributed by atoms with E-state index in [0.29, 0.717) is 17.2 Å². The molecule has 0 unspecified atom stereocenters. The highest BCUT2D eigenvalue weighted by molar-refractivity contribution is 6.06. The molecule has 1 aliphatic carbocycles. The van der Waals surface area contributed by atoms with Crippen LogP contribution in [0.2, 0.25) is 0 Å². The number of carbonyl (C=O) groups excluding carboxylic acids is 2. The molecule has 1 saturated carbocycles. The molecule has 0 heterocycles. The number of hydrogen-bond acceptors (Lipinski definition) is 3. The summed E-state index contributed by atoms with van der Waals surface area (Å²) in [5.41, 5.74) is 0.358. The van der Waals surface area contributed by atoms with Crippen molar-refractivity contribution in [2.75, 3.05) is 18.9 Å². The number of anilines is 1. The standard InChI is InChI=1S/C21H26N2O3/c1-21(2,3)26-20(25)22-18-12-16-8-6-5-7-15(16)11-17(18)19(24)23(4)13-14-9-10-14/h5-8,11-12,14H,9-10,13H2,1-4H3,(H,22,25). The lowest BCUT2D eigenvalue weighted by Gasteiger charge is -2.22. The molecule has 5 nitrogen and oxygen atoms in total. The van der Waals surface area contributed by atoms with Gasteiger partial charge in [-0.05, 0) is 62.4 Å².